The largest absolute Gasteiger partial charge is 0.368 e. The number of hydrogen-bond acceptors (Lipinski definition) is 4. The normalized spacial score (nSPS) is 12.6. The van der Waals surface area contributed by atoms with Gasteiger partial charge in [0.05, 0.1) is 17.1 Å². The smallest absolute Gasteiger partial charge is 0.211 e. The maximum Gasteiger partial charge on any atom is 0.211 e. The monoisotopic (exact) mass is 240 g/mol. The standard InChI is InChI=1S/C13H12N4O/c1-17-6-9-5-14-7-15-12(9)10-3-2-4-11(13(10)17)16-8-18/h2-5,7-8H,6H2,1H3,(H,16,18). The van der Waals surface area contributed by atoms with Crippen molar-refractivity contribution in [3.8, 4) is 11.3 Å². The van der Waals surface area contributed by atoms with Crippen LogP contribution < -0.4 is 10.2 Å². The number of carbonyl (C=O) groups is 1. The molecule has 0 bridgehead atoms. The van der Waals surface area contributed by atoms with Crippen LogP contribution in [-0.2, 0) is 11.3 Å². The van der Waals surface area contributed by atoms with Crippen LogP contribution in [0.5, 0.6) is 0 Å². The topological polar surface area (TPSA) is 58.1 Å². The highest BCUT2D eigenvalue weighted by Gasteiger charge is 2.23. The van der Waals surface area contributed by atoms with Gasteiger partial charge >= 0.3 is 0 Å². The van der Waals surface area contributed by atoms with Crippen molar-refractivity contribution < 1.29 is 4.79 Å². The number of benzene rings is 1. The van der Waals surface area contributed by atoms with E-state index in [1.807, 2.05) is 31.4 Å². The van der Waals surface area contributed by atoms with Crippen LogP contribution in [0.15, 0.2) is 30.7 Å². The van der Waals surface area contributed by atoms with Gasteiger partial charge in [-0.2, -0.15) is 0 Å². The lowest BCUT2D eigenvalue weighted by Crippen LogP contribution is -2.23. The fourth-order valence-corrected chi connectivity index (χ4v) is 2.38. The molecular formula is C13H12N4O. The van der Waals surface area contributed by atoms with E-state index in [2.05, 4.69) is 20.2 Å². The summed E-state index contributed by atoms with van der Waals surface area (Å²) in [6.07, 6.45) is 4.08. The molecule has 0 aliphatic carbocycles. The zero-order valence-electron chi connectivity index (χ0n) is 9.92. The molecule has 0 fully saturated rings. The van der Waals surface area contributed by atoms with E-state index in [1.165, 1.54) is 0 Å². The first-order valence-electron chi connectivity index (χ1n) is 5.65. The fourth-order valence-electron chi connectivity index (χ4n) is 2.38. The quantitative estimate of drug-likeness (QED) is 0.811. The number of hydrogen-bond donors (Lipinski definition) is 1. The van der Waals surface area contributed by atoms with Crippen LogP contribution in [0.4, 0.5) is 11.4 Å². The molecule has 0 saturated carbocycles. The van der Waals surface area contributed by atoms with E-state index in [4.69, 9.17) is 0 Å². The van der Waals surface area contributed by atoms with E-state index in [9.17, 15) is 4.79 Å². The van der Waals surface area contributed by atoms with Crippen molar-refractivity contribution in [3.63, 3.8) is 0 Å². The van der Waals surface area contributed by atoms with Crippen molar-refractivity contribution in [2.24, 2.45) is 0 Å². The molecule has 1 aromatic carbocycles. The summed E-state index contributed by atoms with van der Waals surface area (Å²) in [5.41, 5.74) is 4.85. The van der Waals surface area contributed by atoms with Gasteiger partial charge in [0.25, 0.3) is 0 Å². The molecule has 5 nitrogen and oxygen atoms in total. The molecule has 0 saturated heterocycles. The van der Waals surface area contributed by atoms with Gasteiger partial charge in [-0.05, 0) is 6.07 Å². The first kappa shape index (κ1) is 10.7. The predicted octanol–water partition coefficient (Wildman–Crippen LogP) is 1.66. The van der Waals surface area contributed by atoms with Crippen LogP contribution in [0.2, 0.25) is 0 Å². The first-order chi connectivity index (χ1) is 8.81. The number of rotatable bonds is 2. The Bertz CT molecular complexity index is 612. The Morgan fingerprint density at radius 3 is 3.17 bits per heavy atom. The average Bonchev–Trinajstić information content (AvgIpc) is 2.39. The number of amides is 1. The molecule has 1 aromatic heterocycles. The number of nitrogens with zero attached hydrogens (tertiary/aromatic N) is 3. The van der Waals surface area contributed by atoms with E-state index in [0.29, 0.717) is 6.41 Å². The molecule has 90 valence electrons. The molecule has 0 spiro atoms. The van der Waals surface area contributed by atoms with Crippen molar-refractivity contribution in [1.82, 2.24) is 9.97 Å². The number of anilines is 2. The summed E-state index contributed by atoms with van der Waals surface area (Å²) >= 11 is 0. The third kappa shape index (κ3) is 1.52. The van der Waals surface area contributed by atoms with E-state index >= 15 is 0 Å². The average molecular weight is 240 g/mol. The Morgan fingerprint density at radius 2 is 2.33 bits per heavy atom. The van der Waals surface area contributed by atoms with Gasteiger partial charge in [0.15, 0.2) is 0 Å². The number of fused-ring (bicyclic) bond motifs is 3. The van der Waals surface area contributed by atoms with Gasteiger partial charge in [0.2, 0.25) is 6.41 Å². The summed E-state index contributed by atoms with van der Waals surface area (Å²) in [5.74, 6) is 0. The van der Waals surface area contributed by atoms with Gasteiger partial charge in [-0.25, -0.2) is 9.97 Å². The molecule has 2 aromatic rings. The van der Waals surface area contributed by atoms with E-state index in [1.54, 1.807) is 6.33 Å². The molecule has 3 rings (SSSR count). The molecule has 5 heteroatoms. The molecule has 1 N–H and O–H groups in total. The third-order valence-corrected chi connectivity index (χ3v) is 3.08. The molecule has 1 aliphatic rings. The SMILES string of the molecule is CN1Cc2cncnc2-c2cccc(NC=O)c21. The summed E-state index contributed by atoms with van der Waals surface area (Å²) < 4.78 is 0. The van der Waals surface area contributed by atoms with Crippen molar-refractivity contribution in [2.75, 3.05) is 17.3 Å². The van der Waals surface area contributed by atoms with E-state index < -0.39 is 0 Å². The molecule has 18 heavy (non-hydrogen) atoms. The van der Waals surface area contributed by atoms with Crippen molar-refractivity contribution >= 4 is 17.8 Å². The first-order valence-corrected chi connectivity index (χ1v) is 5.65. The Kier molecular flexibility index (Phi) is 2.44. The maximum absolute atomic E-state index is 10.7. The second-order valence-corrected chi connectivity index (χ2v) is 4.22. The van der Waals surface area contributed by atoms with Crippen molar-refractivity contribution in [1.29, 1.82) is 0 Å². The Balaban J connectivity index is 2.25. The number of carbonyl (C=O) groups excluding carboxylic acids is 1. The van der Waals surface area contributed by atoms with Crippen LogP contribution in [0, 0.1) is 0 Å². The van der Waals surface area contributed by atoms with Crippen molar-refractivity contribution in [2.45, 2.75) is 6.54 Å². The Morgan fingerprint density at radius 1 is 1.44 bits per heavy atom. The minimum Gasteiger partial charge on any atom is -0.368 e. The van der Waals surface area contributed by atoms with Crippen molar-refractivity contribution in [3.05, 3.63) is 36.3 Å². The van der Waals surface area contributed by atoms with Crippen LogP contribution in [-0.4, -0.2) is 23.4 Å². The van der Waals surface area contributed by atoms with Gasteiger partial charge in [0.1, 0.15) is 6.33 Å². The molecule has 0 radical (unpaired) electrons. The number of nitrogens with one attached hydrogen (secondary N) is 1. The highest BCUT2D eigenvalue weighted by Crippen LogP contribution is 2.41. The minimum atomic E-state index is 0.693. The van der Waals surface area contributed by atoms with Gasteiger partial charge in [0, 0.05) is 30.9 Å². The molecule has 1 amide bonds. The van der Waals surface area contributed by atoms with Crippen LogP contribution >= 0.6 is 0 Å². The van der Waals surface area contributed by atoms with E-state index in [-0.39, 0.29) is 0 Å². The molecule has 0 atom stereocenters. The Hall–Kier alpha value is -2.43. The van der Waals surface area contributed by atoms with Gasteiger partial charge < -0.3 is 10.2 Å². The predicted molar refractivity (Wildman–Crippen MR) is 69.3 cm³/mol. The number of para-hydroxylation sites is 1. The second kappa shape index (κ2) is 4.10. The highest BCUT2D eigenvalue weighted by atomic mass is 16.1. The lowest BCUT2D eigenvalue weighted by molar-refractivity contribution is -0.105. The van der Waals surface area contributed by atoms with Gasteiger partial charge in [-0.15, -0.1) is 0 Å². The fraction of sp³-hybridized carbons (Fsp3) is 0.154. The molecule has 2 heterocycles. The van der Waals surface area contributed by atoms with Crippen LogP contribution in [0.1, 0.15) is 5.56 Å². The summed E-state index contributed by atoms with van der Waals surface area (Å²) in [7, 11) is 1.99. The minimum absolute atomic E-state index is 0.693. The van der Waals surface area contributed by atoms with Gasteiger partial charge in [-0.1, -0.05) is 12.1 Å². The Labute approximate surface area is 104 Å². The number of aromatic nitrogens is 2. The second-order valence-electron chi connectivity index (χ2n) is 4.22. The molecule has 0 unspecified atom stereocenters. The third-order valence-electron chi connectivity index (χ3n) is 3.08. The summed E-state index contributed by atoms with van der Waals surface area (Å²) in [5, 5.41) is 2.73. The maximum atomic E-state index is 10.7. The van der Waals surface area contributed by atoms with Gasteiger partial charge in [-0.3, -0.25) is 4.79 Å². The highest BCUT2D eigenvalue weighted by molar-refractivity contribution is 5.93. The lowest BCUT2D eigenvalue weighted by atomic mass is 9.98. The molecule has 1 aliphatic heterocycles. The summed E-state index contributed by atoms with van der Waals surface area (Å²) in [6, 6.07) is 5.80. The zero-order valence-corrected chi connectivity index (χ0v) is 9.92. The zero-order chi connectivity index (χ0) is 12.5. The van der Waals surface area contributed by atoms with E-state index in [0.717, 1.165) is 34.7 Å². The lowest BCUT2D eigenvalue weighted by Gasteiger charge is -2.30. The summed E-state index contributed by atoms with van der Waals surface area (Å²) in [4.78, 5) is 21.1. The van der Waals surface area contributed by atoms with Crippen LogP contribution in [0.25, 0.3) is 11.3 Å². The summed E-state index contributed by atoms with van der Waals surface area (Å²) in [6.45, 7) is 0.737. The molecular weight excluding hydrogens is 228 g/mol. The van der Waals surface area contributed by atoms with Crippen LogP contribution in [0.3, 0.4) is 0 Å².